The first-order valence-corrected chi connectivity index (χ1v) is 18.0. The number of nitrogens with zero attached hydrogens (tertiary/aromatic N) is 5. The van der Waals surface area contributed by atoms with E-state index >= 15 is 0 Å². The van der Waals surface area contributed by atoms with Gasteiger partial charge in [0.15, 0.2) is 35.5 Å². The lowest BCUT2D eigenvalue weighted by Gasteiger charge is -2.28. The average Bonchev–Trinajstić information content (AvgIpc) is 3.74. The number of allylic oxidation sites excluding steroid dienone is 5. The van der Waals surface area contributed by atoms with Gasteiger partial charge >= 0.3 is 15.6 Å². The van der Waals surface area contributed by atoms with Gasteiger partial charge in [0.2, 0.25) is 5.91 Å². The third kappa shape index (κ3) is 9.11. The van der Waals surface area contributed by atoms with Crippen molar-refractivity contribution in [2.24, 2.45) is 5.73 Å². The molecule has 282 valence electrons. The molecule has 1 amide bonds. The fourth-order valence-electron chi connectivity index (χ4n) is 5.12. The van der Waals surface area contributed by atoms with E-state index < -0.39 is 83.8 Å². The van der Waals surface area contributed by atoms with Crippen LogP contribution >= 0.6 is 15.6 Å². The summed E-state index contributed by atoms with van der Waals surface area (Å²) in [6.45, 7) is -1.79. The van der Waals surface area contributed by atoms with Gasteiger partial charge in [0.25, 0.3) is 0 Å². The second-order valence-electron chi connectivity index (χ2n) is 11.3. The van der Waals surface area contributed by atoms with Gasteiger partial charge in [-0.2, -0.15) is 4.31 Å². The average molecular weight is 774 g/mol. The molecule has 0 bridgehead atoms. The smallest absolute Gasteiger partial charge is 0.387 e. The molecular formula is C27H33N7O16P2. The van der Waals surface area contributed by atoms with E-state index in [1.807, 2.05) is 0 Å². The molecule has 4 aliphatic rings. The van der Waals surface area contributed by atoms with E-state index in [9.17, 15) is 53.7 Å². The molecule has 25 heteroatoms. The number of hydrogen-bond donors (Lipinski definition) is 8. The second-order valence-corrected chi connectivity index (χ2v) is 14.4. The van der Waals surface area contributed by atoms with E-state index in [0.29, 0.717) is 0 Å². The van der Waals surface area contributed by atoms with E-state index in [2.05, 4.69) is 19.3 Å². The van der Waals surface area contributed by atoms with Crippen molar-refractivity contribution >= 4 is 50.1 Å². The van der Waals surface area contributed by atoms with Crippen molar-refractivity contribution in [3.05, 3.63) is 61.0 Å². The topological polar surface area (TPSA) is 352 Å². The van der Waals surface area contributed by atoms with E-state index in [-0.39, 0.29) is 40.5 Å². The first-order chi connectivity index (χ1) is 24.5. The number of imidazole rings is 1. The van der Waals surface area contributed by atoms with Crippen molar-refractivity contribution in [2.45, 2.75) is 55.5 Å². The molecule has 1 aliphatic carbocycles. The SMILES string of the molecule is NC(=O)C1=CN([C@@H]2O[C@H](COP(=O)(O)OP(=O)(O)OC[C@H]3O[C@@H](n4cnc5c(N)ncnc54)[C@H](O)[C@@H]3O)[C@@H](O)[C@H]2O)C=CC1.O=C1C=CC(=O)C=C1. The highest BCUT2D eigenvalue weighted by atomic mass is 31.3. The molecule has 23 nitrogen and oxygen atoms in total. The highest BCUT2D eigenvalue weighted by molar-refractivity contribution is 7.61. The number of nitrogens with two attached hydrogens (primary N) is 2. The zero-order chi connectivity index (χ0) is 38.0. The van der Waals surface area contributed by atoms with Gasteiger partial charge in [-0.05, 0) is 30.7 Å². The second kappa shape index (κ2) is 15.9. The Morgan fingerprint density at radius 2 is 1.40 bits per heavy atom. The molecule has 2 aromatic rings. The maximum atomic E-state index is 12.4. The molecule has 5 heterocycles. The minimum Gasteiger partial charge on any atom is -0.387 e. The van der Waals surface area contributed by atoms with Crippen LogP contribution in [0.3, 0.4) is 0 Å². The van der Waals surface area contributed by atoms with Gasteiger partial charge in [0.05, 0.1) is 19.5 Å². The monoisotopic (exact) mass is 773 g/mol. The lowest BCUT2D eigenvalue weighted by atomic mass is 10.1. The minimum absolute atomic E-state index is 0.0517. The van der Waals surface area contributed by atoms with Crippen molar-refractivity contribution in [1.29, 1.82) is 0 Å². The highest BCUT2D eigenvalue weighted by Crippen LogP contribution is 2.60. The normalized spacial score (nSPS) is 30.9. The molecule has 52 heavy (non-hydrogen) atoms. The number of fused-ring (bicyclic) bond motifs is 1. The Balaban J connectivity index is 0.000000577. The minimum atomic E-state index is -5.37. The number of hydrogen-bond acceptors (Lipinski definition) is 19. The van der Waals surface area contributed by atoms with Gasteiger partial charge in [-0.25, -0.2) is 24.1 Å². The number of ketones is 2. The number of phosphoric ester groups is 2. The van der Waals surface area contributed by atoms with Crippen LogP contribution < -0.4 is 11.5 Å². The van der Waals surface area contributed by atoms with Crippen molar-refractivity contribution in [3.63, 3.8) is 0 Å². The number of ether oxygens (including phenoxy) is 2. The van der Waals surface area contributed by atoms with E-state index in [1.54, 1.807) is 6.08 Å². The molecule has 0 aromatic carbocycles. The van der Waals surface area contributed by atoms with Gasteiger partial charge in [0.1, 0.15) is 48.5 Å². The predicted molar refractivity (Wildman–Crippen MR) is 170 cm³/mol. The first kappa shape index (κ1) is 39.2. The molecule has 0 saturated carbocycles. The molecule has 2 aromatic heterocycles. The van der Waals surface area contributed by atoms with Crippen LogP contribution in [0.1, 0.15) is 12.6 Å². The molecule has 10 N–H and O–H groups in total. The molecule has 2 unspecified atom stereocenters. The number of aliphatic hydroxyl groups excluding tert-OH is 4. The number of carbonyl (C=O) groups is 3. The summed E-state index contributed by atoms with van der Waals surface area (Å²) in [5.41, 5.74) is 11.6. The fourth-order valence-corrected chi connectivity index (χ4v) is 7.21. The largest absolute Gasteiger partial charge is 0.481 e. The quantitative estimate of drug-likeness (QED) is 0.0868. The maximum absolute atomic E-state index is 12.4. The lowest BCUT2D eigenvalue weighted by Crippen LogP contribution is -2.40. The van der Waals surface area contributed by atoms with Gasteiger partial charge in [-0.1, -0.05) is 6.08 Å². The molecule has 0 radical (unpaired) electrons. The summed E-state index contributed by atoms with van der Waals surface area (Å²) in [6, 6.07) is 0. The lowest BCUT2D eigenvalue weighted by molar-refractivity contribution is -0.115. The highest BCUT2D eigenvalue weighted by Gasteiger charge is 2.48. The van der Waals surface area contributed by atoms with Crippen LogP contribution in [0.5, 0.6) is 0 Å². The number of carbonyl (C=O) groups excluding carboxylic acids is 3. The van der Waals surface area contributed by atoms with Crippen molar-refractivity contribution in [3.8, 4) is 0 Å². The van der Waals surface area contributed by atoms with Crippen LogP contribution in [-0.2, 0) is 46.3 Å². The third-order valence-electron chi connectivity index (χ3n) is 7.70. The summed E-state index contributed by atoms with van der Waals surface area (Å²) in [5, 5.41) is 41.6. The molecule has 3 aliphatic heterocycles. The molecule has 0 spiro atoms. The van der Waals surface area contributed by atoms with Crippen molar-refractivity contribution < 1.29 is 76.6 Å². The van der Waals surface area contributed by atoms with Crippen LogP contribution in [0.2, 0.25) is 0 Å². The summed E-state index contributed by atoms with van der Waals surface area (Å²) < 4.78 is 50.8. The summed E-state index contributed by atoms with van der Waals surface area (Å²) in [4.78, 5) is 65.2. The summed E-state index contributed by atoms with van der Waals surface area (Å²) >= 11 is 0. The number of aliphatic hydroxyl groups is 4. The van der Waals surface area contributed by atoms with Gasteiger partial charge in [0, 0.05) is 18.0 Å². The molecule has 2 fully saturated rings. The van der Waals surface area contributed by atoms with Gasteiger partial charge in [-0.3, -0.25) is 28.0 Å². The number of anilines is 1. The van der Waals surface area contributed by atoms with E-state index in [1.165, 1.54) is 52.5 Å². The van der Waals surface area contributed by atoms with Crippen LogP contribution in [0.15, 0.2) is 61.0 Å². The Morgan fingerprint density at radius 3 is 1.96 bits per heavy atom. The van der Waals surface area contributed by atoms with Gasteiger partial charge in [-0.15, -0.1) is 0 Å². The van der Waals surface area contributed by atoms with E-state index in [4.69, 9.17) is 30.0 Å². The summed E-state index contributed by atoms with van der Waals surface area (Å²) in [7, 11) is -10.7. The van der Waals surface area contributed by atoms with Crippen LogP contribution in [0.4, 0.5) is 5.82 Å². The van der Waals surface area contributed by atoms with Crippen molar-refractivity contribution in [2.75, 3.05) is 18.9 Å². The summed E-state index contributed by atoms with van der Waals surface area (Å²) in [5.74, 6) is -0.899. The van der Waals surface area contributed by atoms with Crippen LogP contribution in [0.25, 0.3) is 11.2 Å². The van der Waals surface area contributed by atoms with Crippen molar-refractivity contribution in [1.82, 2.24) is 24.4 Å². The number of nitrogen functional groups attached to an aromatic ring is 1. The zero-order valence-corrected chi connectivity index (χ0v) is 28.3. The van der Waals surface area contributed by atoms with Crippen LogP contribution in [0, 0.1) is 0 Å². The molecule has 10 atom stereocenters. The van der Waals surface area contributed by atoms with E-state index in [0.717, 1.165) is 6.33 Å². The first-order valence-electron chi connectivity index (χ1n) is 15.0. The number of amides is 1. The standard InChI is InChI=1S/C21H29N7O14P2.C6H4O2/c22-17-12-19(25-7-24-17)28(8-26-12)21-16(32)14(30)11(41-21)6-39-44(36,37)42-43(34,35)38-5-10-13(29)15(31)20(40-10)27-3-1-2-9(4-27)18(23)33;7-5-1-2-6(8)4-3-5/h1,3-4,7-8,10-11,13-16,20-21,29-32H,2,5-6H2,(H2,23,33)(H,34,35)(H,36,37)(H2,22,24,25);1-4H/t10-,11-,13-,14-,15-,16-,20-,21-;/m1./s1. The molecule has 6 rings (SSSR count). The Kier molecular flexibility index (Phi) is 12.0. The Morgan fingerprint density at radius 1 is 0.865 bits per heavy atom. The Hall–Kier alpha value is -4.06. The zero-order valence-electron chi connectivity index (χ0n) is 26.5. The number of rotatable bonds is 11. The van der Waals surface area contributed by atoms with Gasteiger partial charge < -0.3 is 56.1 Å². The summed E-state index contributed by atoms with van der Waals surface area (Å²) in [6.07, 6.45) is 0.130. The Labute approximate surface area is 292 Å². The third-order valence-corrected chi connectivity index (χ3v) is 10.3. The fraction of sp³-hybridized carbons (Fsp3) is 0.407. The molecular weight excluding hydrogens is 740 g/mol. The molecule has 2 saturated heterocycles. The number of phosphoric acid groups is 2. The number of aromatic nitrogens is 4. The predicted octanol–water partition coefficient (Wildman–Crippen LogP) is -2.44. The number of primary amides is 1. The van der Waals surface area contributed by atoms with Crippen LogP contribution in [-0.4, -0.2) is 128 Å². The Bertz CT molecular complexity index is 1880. The maximum Gasteiger partial charge on any atom is 0.481 e.